The number of rotatable bonds is 48. The van der Waals surface area contributed by atoms with Crippen molar-refractivity contribution in [3.8, 4) is 0 Å². The molecule has 0 saturated carbocycles. The molecule has 27 atom stereocenters. The number of aromatic amines is 4. The number of ether oxygens (including phenoxy) is 14. The van der Waals surface area contributed by atoms with E-state index in [1.807, 2.05) is 0 Å². The molecule has 0 radical (unpaired) electrons. The molecule has 6 aliphatic heterocycles. The van der Waals surface area contributed by atoms with Gasteiger partial charge in [-0.3, -0.25) is 75.6 Å². The number of nitrogens with one attached hydrogen (secondary N) is 4. The quantitative estimate of drug-likeness (QED) is 0.00989. The number of aromatic nitrogens is 18. The first-order valence-corrected chi connectivity index (χ1v) is 54.8. The van der Waals surface area contributed by atoms with Crippen LogP contribution in [0.2, 0.25) is 0 Å². The Morgan fingerprint density at radius 1 is 0.430 bits per heavy atom. The molecule has 6 saturated heterocycles. The van der Waals surface area contributed by atoms with Crippen LogP contribution in [-0.4, -0.2) is 304 Å². The second-order valence-electron chi connectivity index (χ2n) is 32.5. The van der Waals surface area contributed by atoms with Crippen molar-refractivity contribution in [3.05, 3.63) is 133 Å². The van der Waals surface area contributed by atoms with Gasteiger partial charge in [0, 0.05) is 76.6 Å². The minimum absolute atomic E-state index is 0.000769. The topological polar surface area (TPSA) is 788 Å². The number of hydrogen-bond donors (Lipinski definition) is 9. The third-order valence-electron chi connectivity index (χ3n) is 23.1. The number of H-pyrrole nitrogens is 4. The van der Waals surface area contributed by atoms with Crippen LogP contribution in [0.15, 0.2) is 77.5 Å². The molecule has 0 aromatic carbocycles. The van der Waals surface area contributed by atoms with Gasteiger partial charge >= 0.3 is 17.1 Å². The van der Waals surface area contributed by atoms with Gasteiger partial charge in [0.25, 0.3) is 30.1 Å². The number of hydrogen-bond acceptors (Lipinski definition) is 54. The number of fused-ring (bicyclic) bond motifs is 3. The lowest BCUT2D eigenvalue weighted by Crippen LogP contribution is -2.43. The summed E-state index contributed by atoms with van der Waals surface area (Å²) in [6.45, 7) is -21.3. The Bertz CT molecular complexity index is 6720. The first kappa shape index (κ1) is 108. The fraction of sp³-hybridized carbons (Fsp3) is 0.630. The fourth-order valence-electron chi connectivity index (χ4n) is 16.3. The Hall–Kier alpha value is -7.71. The van der Waals surface area contributed by atoms with Crippen LogP contribution in [0, 0.1) is 20.8 Å². The van der Waals surface area contributed by atoms with Gasteiger partial charge in [0.05, 0.1) is 123 Å². The molecule has 6 aliphatic rings. The van der Waals surface area contributed by atoms with Crippen LogP contribution in [-0.2, 0) is 168 Å². The van der Waals surface area contributed by atoms with Gasteiger partial charge in [0.15, 0.2) is 65.5 Å². The molecule has 60 nitrogen and oxygen atoms in total. The molecule has 0 spiro atoms. The van der Waals surface area contributed by atoms with E-state index in [4.69, 9.17) is 182 Å². The Kier molecular flexibility index (Phi) is 35.1. The van der Waals surface area contributed by atoms with Crippen LogP contribution in [0.5, 0.6) is 0 Å². The van der Waals surface area contributed by atoms with Crippen LogP contribution in [0.4, 0.5) is 23.5 Å². The lowest BCUT2D eigenvalue weighted by Gasteiger charge is -2.37. The van der Waals surface area contributed by atoms with Crippen molar-refractivity contribution in [2.75, 3.05) is 137 Å². The number of aryl methyl sites for hydroxylation is 3. The Morgan fingerprint density at radius 3 is 1.35 bits per heavy atom. The van der Waals surface area contributed by atoms with Crippen molar-refractivity contribution in [3.63, 3.8) is 0 Å². The highest BCUT2D eigenvalue weighted by atomic mass is 32.7. The van der Waals surface area contributed by atoms with E-state index in [1.54, 1.807) is 11.5 Å². The molecular formula is C73H98N22O38P5S4-5. The number of nitrogens with zero attached hydrogens (tertiary/aromatic N) is 14. The van der Waals surface area contributed by atoms with Gasteiger partial charge in [-0.05, 0) is 27.2 Å². The van der Waals surface area contributed by atoms with Crippen molar-refractivity contribution in [2.45, 2.75) is 182 Å². The second kappa shape index (κ2) is 46.0. The second-order valence-corrected chi connectivity index (χ2v) is 44.7. The summed E-state index contributed by atoms with van der Waals surface area (Å²) in [6, 6.07) is 0. The minimum atomic E-state index is -6.17. The molecule has 6 fully saturated rings. The van der Waals surface area contributed by atoms with E-state index in [0.717, 1.165) is 37.0 Å². The van der Waals surface area contributed by atoms with Gasteiger partial charge in [-0.2, -0.15) is 15.0 Å². The average Bonchev–Trinajstić information content (AvgIpc) is 1.60. The lowest BCUT2D eigenvalue weighted by atomic mass is 10.1. The molecular weight excluding hydrogens is 2080 g/mol. The number of anilines is 4. The number of aliphatic hydroxyl groups is 1. The highest BCUT2D eigenvalue weighted by molar-refractivity contribution is 8.32. The predicted octanol–water partition coefficient (Wildman–Crippen LogP) is -4.35. The monoisotopic (exact) mass is 2170 g/mol. The maximum atomic E-state index is 15.5. The molecule has 0 aliphatic carbocycles. The van der Waals surface area contributed by atoms with E-state index in [-0.39, 0.29) is 109 Å². The largest absolute Gasteiger partial charge is 0.780 e. The molecule has 9 aromatic heterocycles. The molecule has 13 N–H and O–H groups in total. The SMILES string of the molecule is CC[C@H]1O[C@@H](n2cnc3c(N)ncnc32)CC1OP([O-])(=S)OC[C@H]1O[C@@H](n2cnc3c(=O)[nH]c(N)nc32)CC1OP(=O)([S-])OC[C@H]1O[C@@H](n2cnc3c(=O)[nH]c(N)nc32)[C@@H](OCCOC)C1OP(=O)([O-])OC[C@H]1O[C@@H](n2cc(C)c(=O)[nH]c2=O)[C@@H](OCCOC)C1OP([O-])(=S)OC[C@H]1O[C@@H](n2cc(C)c(N)nc2=O)[C@@H](OCCOC)C1OP([O-])(=S)OC[C@H]1O[C@@H](n2cc(C)c(=O)[nH]c2=O)[C@@H](OCCOC)C1O. The van der Waals surface area contributed by atoms with E-state index in [2.05, 4.69) is 59.8 Å². The lowest BCUT2D eigenvalue weighted by molar-refractivity contribution is -0.238. The summed E-state index contributed by atoms with van der Waals surface area (Å²) in [5, 5.41) is 11.7. The summed E-state index contributed by atoms with van der Waals surface area (Å²) in [4.78, 5) is 196. The fourth-order valence-corrected chi connectivity index (χ4v) is 23.1. The third kappa shape index (κ3) is 25.0. The van der Waals surface area contributed by atoms with Crippen molar-refractivity contribution >= 4 is 139 Å². The summed E-state index contributed by atoms with van der Waals surface area (Å²) in [6.07, 6.45) is -26.8. The Labute approximate surface area is 820 Å². The smallest absolute Gasteiger partial charge is 0.351 e. The maximum Gasteiger partial charge on any atom is 0.351 e. The van der Waals surface area contributed by atoms with Crippen LogP contribution >= 0.6 is 34.8 Å². The number of imidazole rings is 3. The first-order valence-electron chi connectivity index (χ1n) is 43.1. The molecule has 15 rings (SSSR count). The zero-order chi connectivity index (χ0) is 102. The van der Waals surface area contributed by atoms with Crippen molar-refractivity contribution in [1.29, 1.82) is 0 Å². The first-order chi connectivity index (χ1) is 67.5. The van der Waals surface area contributed by atoms with Gasteiger partial charge < -0.3 is 171 Å². The number of nitrogen functional groups attached to an aromatic ring is 4. The number of nitrogens with two attached hydrogens (primary N) is 4. The van der Waals surface area contributed by atoms with Gasteiger partial charge in [0.2, 0.25) is 11.9 Å². The summed E-state index contributed by atoms with van der Waals surface area (Å²) < 4.78 is 181. The summed E-state index contributed by atoms with van der Waals surface area (Å²) >= 11 is 22.3. The minimum Gasteiger partial charge on any atom is -0.780 e. The van der Waals surface area contributed by atoms with E-state index >= 15 is 18.9 Å². The third-order valence-corrected chi connectivity index (χ3v) is 30.2. The highest BCUT2D eigenvalue weighted by Crippen LogP contribution is 2.56. The van der Waals surface area contributed by atoms with Gasteiger partial charge in [-0.15, -0.1) is 0 Å². The van der Waals surface area contributed by atoms with Crippen LogP contribution in [0.25, 0.3) is 33.5 Å². The van der Waals surface area contributed by atoms with Crippen LogP contribution < -0.4 is 81.8 Å². The molecule has 0 amide bonds. The Morgan fingerprint density at radius 2 is 0.831 bits per heavy atom. The average molecular weight is 2170 g/mol. The maximum absolute atomic E-state index is 15.5. The van der Waals surface area contributed by atoms with Gasteiger partial charge in [-0.1, -0.05) is 42.3 Å². The van der Waals surface area contributed by atoms with Crippen LogP contribution in [0.3, 0.4) is 0 Å². The summed E-state index contributed by atoms with van der Waals surface area (Å²) in [5.74, 6) is -0.860. The zero-order valence-electron chi connectivity index (χ0n) is 76.0. The molecule has 142 heavy (non-hydrogen) atoms. The van der Waals surface area contributed by atoms with E-state index in [0.29, 0.717) is 17.6 Å². The standard InChI is InChI=1S/C73H103N22O38P5S4/c1-9-35-36(18-43(123-35)93-29-80-45-57(75)78-28-79-58(45)93)129-135(106,139)119-23-38-37(19-44(124-38)94-30-81-46-59(94)84-69(76)86-63(46)99)130-136(107,140)121-26-41-49(53(115-15-11-111-6)68(128-41)95-31-82-47-60(95)85-70(77)87-64(47)100)131-134(104,105)118-25-40-50(54(116-16-12-112-7)67(126-40)92-22-34(4)62(98)89-73(92)103)132-138(109,142)122-27-42-51(55(117-17-13-113-8)66(127-42)90-20-32(2)56(74)83-71(90)101)133-137(108,141)120-24-39-48(96)52(114-14-10-110-5)65(125-39)91-21-33(3)61(97)88-72(91)102/h20-22,28-31,35-44,48-55,65-68,96H,9-19,23-27H2,1-8H3,(H,104,105)(H,106,139)(H,107,140)(H,108,141)(H,109,142)(H2,74,83,101)(H2,75,78,79)(H,88,97,102)(H,89,98,103)(H3,76,84,86,99)(H3,77,85,87,100)/p-5/t35-,36?,37?,38-,39-,40-,41-,42-,43-,44-,48?,49?,50?,51?,52+,53+,54+,55+,65-,66-,67-,68-,135?,136?,137?,138?/m1/s1. The number of aliphatic hydroxyl groups excluding tert-OH is 1. The molecule has 9 aromatic rings. The van der Waals surface area contributed by atoms with E-state index < -0.39 is 261 Å². The zero-order valence-corrected chi connectivity index (χ0v) is 83.8. The summed E-state index contributed by atoms with van der Waals surface area (Å²) in [5.41, 5.74) is 17.7. The number of phosphoric ester groups is 1. The molecule has 69 heteroatoms. The highest BCUT2D eigenvalue weighted by Gasteiger charge is 2.56. The molecule has 11 unspecified atom stereocenters. The van der Waals surface area contributed by atoms with E-state index in [9.17, 15) is 48.5 Å². The number of phosphoric acid groups is 1. The molecule has 15 heterocycles. The van der Waals surface area contributed by atoms with Crippen molar-refractivity contribution in [1.82, 2.24) is 87.2 Å². The van der Waals surface area contributed by atoms with Crippen LogP contribution in [0.1, 0.15) is 80.2 Å². The molecule has 782 valence electrons. The predicted molar refractivity (Wildman–Crippen MR) is 490 cm³/mol. The molecule has 0 bridgehead atoms. The van der Waals surface area contributed by atoms with Crippen molar-refractivity contribution in [2.24, 2.45) is 0 Å². The van der Waals surface area contributed by atoms with Crippen molar-refractivity contribution < 1.29 is 145 Å². The van der Waals surface area contributed by atoms with Gasteiger partial charge in [0.1, 0.15) is 130 Å². The van der Waals surface area contributed by atoms with E-state index in [1.165, 1.54) is 79.0 Å². The van der Waals surface area contributed by atoms with Gasteiger partial charge in [-0.25, -0.2) is 39.3 Å². The summed E-state index contributed by atoms with van der Waals surface area (Å²) in [7, 11) is -0.889. The number of methoxy groups -OCH3 is 4. The normalized spacial score (nSPS) is 29.1. The Balaban J connectivity index is 0.708.